The van der Waals surface area contributed by atoms with E-state index in [1.165, 1.54) is 19.2 Å². The Balaban J connectivity index is 2.00. The van der Waals surface area contributed by atoms with Gasteiger partial charge in [-0.25, -0.2) is 0 Å². The van der Waals surface area contributed by atoms with E-state index in [0.29, 0.717) is 23.7 Å². The zero-order valence-electron chi connectivity index (χ0n) is 14.8. The summed E-state index contributed by atoms with van der Waals surface area (Å²) in [5.41, 5.74) is -0.183. The maximum absolute atomic E-state index is 12.7. The number of hydrogen-bond acceptors (Lipinski definition) is 3. The second kappa shape index (κ2) is 8.99. The van der Waals surface area contributed by atoms with Crippen molar-refractivity contribution in [2.45, 2.75) is 13.1 Å². The summed E-state index contributed by atoms with van der Waals surface area (Å²) in [4.78, 5) is 12.2. The zero-order chi connectivity index (χ0) is 19.9. The Labute approximate surface area is 155 Å². The van der Waals surface area contributed by atoms with Crippen LogP contribution in [0.25, 0.3) is 0 Å². The molecule has 0 saturated carbocycles. The first-order chi connectivity index (χ1) is 12.8. The number of methoxy groups -OCH3 is 1. The summed E-state index contributed by atoms with van der Waals surface area (Å²) >= 11 is 0. The molecule has 2 aromatic rings. The molecule has 1 amide bonds. The highest BCUT2D eigenvalue weighted by Crippen LogP contribution is 2.29. The first-order valence-electron chi connectivity index (χ1n) is 8.10. The van der Waals surface area contributed by atoms with Crippen molar-refractivity contribution in [1.29, 1.82) is 0 Å². The lowest BCUT2D eigenvalue weighted by molar-refractivity contribution is -0.137. The highest BCUT2D eigenvalue weighted by molar-refractivity contribution is 5.95. The average molecular weight is 377 g/mol. The van der Waals surface area contributed by atoms with Crippen molar-refractivity contribution >= 4 is 5.91 Å². The molecule has 0 fully saturated rings. The largest absolute Gasteiger partial charge is 0.493 e. The maximum Gasteiger partial charge on any atom is 0.416 e. The Morgan fingerprint density at radius 2 is 1.93 bits per heavy atom. The van der Waals surface area contributed by atoms with E-state index in [1.54, 1.807) is 18.2 Å². The minimum absolute atomic E-state index is 0.00932. The Morgan fingerprint density at radius 3 is 2.59 bits per heavy atom. The number of benzene rings is 2. The molecule has 2 rings (SSSR count). The zero-order valence-corrected chi connectivity index (χ0v) is 14.8. The van der Waals surface area contributed by atoms with E-state index in [0.717, 1.165) is 12.1 Å². The molecule has 4 nitrogen and oxygen atoms in total. The van der Waals surface area contributed by atoms with Gasteiger partial charge in [-0.05, 0) is 43.3 Å². The fourth-order valence-corrected chi connectivity index (χ4v) is 2.23. The van der Waals surface area contributed by atoms with Crippen molar-refractivity contribution in [2.24, 2.45) is 0 Å². The average Bonchev–Trinajstić information content (AvgIpc) is 2.65. The van der Waals surface area contributed by atoms with Crippen LogP contribution in [0.2, 0.25) is 0 Å². The number of carbonyl (C=O) groups excluding carboxylic acids is 1. The molecule has 0 radical (unpaired) electrons. The summed E-state index contributed by atoms with van der Waals surface area (Å²) in [5, 5.41) is 2.59. The molecule has 0 saturated heterocycles. The number of nitrogens with one attached hydrogen (secondary N) is 1. The number of rotatable bonds is 5. The molecule has 142 valence electrons. The Bertz CT molecular complexity index is 867. The van der Waals surface area contributed by atoms with E-state index in [2.05, 4.69) is 17.2 Å². The third-order valence-corrected chi connectivity index (χ3v) is 3.49. The van der Waals surface area contributed by atoms with Gasteiger partial charge in [-0.2, -0.15) is 13.2 Å². The molecule has 0 unspecified atom stereocenters. The van der Waals surface area contributed by atoms with Crippen LogP contribution >= 0.6 is 0 Å². The third kappa shape index (κ3) is 5.68. The molecule has 0 aliphatic rings. The van der Waals surface area contributed by atoms with Gasteiger partial charge in [0.05, 0.1) is 25.8 Å². The fraction of sp³-hybridized carbons (Fsp3) is 0.250. The summed E-state index contributed by atoms with van der Waals surface area (Å²) < 4.78 is 48.6. The Kier molecular flexibility index (Phi) is 6.72. The number of ether oxygens (including phenoxy) is 2. The molecule has 7 heteroatoms. The van der Waals surface area contributed by atoms with E-state index in [4.69, 9.17) is 9.47 Å². The summed E-state index contributed by atoms with van der Waals surface area (Å²) in [5.74, 6) is 5.82. The second-order valence-corrected chi connectivity index (χ2v) is 5.36. The number of alkyl halides is 3. The topological polar surface area (TPSA) is 47.6 Å². The molecular weight excluding hydrogens is 359 g/mol. The minimum atomic E-state index is -4.42. The van der Waals surface area contributed by atoms with Crippen LogP contribution < -0.4 is 14.8 Å². The van der Waals surface area contributed by atoms with Crippen LogP contribution in [0.1, 0.15) is 28.4 Å². The number of amides is 1. The van der Waals surface area contributed by atoms with E-state index < -0.39 is 11.7 Å². The predicted molar refractivity (Wildman–Crippen MR) is 94.8 cm³/mol. The predicted octanol–water partition coefficient (Wildman–Crippen LogP) is 3.89. The van der Waals surface area contributed by atoms with Gasteiger partial charge in [0.1, 0.15) is 0 Å². The maximum atomic E-state index is 12.7. The number of halogens is 3. The van der Waals surface area contributed by atoms with E-state index in [-0.39, 0.29) is 18.0 Å². The Morgan fingerprint density at radius 1 is 1.15 bits per heavy atom. The van der Waals surface area contributed by atoms with Crippen LogP contribution in [0.5, 0.6) is 11.5 Å². The van der Waals surface area contributed by atoms with Crippen molar-refractivity contribution in [2.75, 3.05) is 20.3 Å². The molecule has 0 aliphatic carbocycles. The van der Waals surface area contributed by atoms with E-state index in [9.17, 15) is 18.0 Å². The van der Waals surface area contributed by atoms with Crippen molar-refractivity contribution in [1.82, 2.24) is 5.32 Å². The van der Waals surface area contributed by atoms with Gasteiger partial charge in [-0.3, -0.25) is 4.79 Å². The van der Waals surface area contributed by atoms with Gasteiger partial charge in [-0.1, -0.05) is 17.9 Å². The van der Waals surface area contributed by atoms with Gasteiger partial charge in [0.15, 0.2) is 11.5 Å². The van der Waals surface area contributed by atoms with Crippen molar-refractivity contribution < 1.29 is 27.4 Å². The normalized spacial score (nSPS) is 10.6. The molecule has 0 aliphatic heterocycles. The van der Waals surface area contributed by atoms with Crippen LogP contribution in [-0.2, 0) is 6.18 Å². The van der Waals surface area contributed by atoms with Gasteiger partial charge < -0.3 is 14.8 Å². The lowest BCUT2D eigenvalue weighted by Gasteiger charge is -2.10. The quantitative estimate of drug-likeness (QED) is 0.804. The van der Waals surface area contributed by atoms with Gasteiger partial charge in [0.25, 0.3) is 5.91 Å². The monoisotopic (exact) mass is 377 g/mol. The molecule has 0 spiro atoms. The van der Waals surface area contributed by atoms with Crippen molar-refractivity contribution in [3.05, 3.63) is 59.2 Å². The fourth-order valence-electron chi connectivity index (χ4n) is 2.23. The summed E-state index contributed by atoms with van der Waals surface area (Å²) in [6.07, 6.45) is -4.42. The van der Waals surface area contributed by atoms with Crippen LogP contribution in [0.4, 0.5) is 13.2 Å². The van der Waals surface area contributed by atoms with Crippen molar-refractivity contribution in [3.63, 3.8) is 0 Å². The summed E-state index contributed by atoms with van der Waals surface area (Å²) in [7, 11) is 1.47. The molecule has 0 bridgehead atoms. The molecule has 0 heterocycles. The molecular formula is C20H18F3NO3. The molecule has 0 aromatic heterocycles. The molecule has 0 atom stereocenters. The highest BCUT2D eigenvalue weighted by Gasteiger charge is 2.30. The van der Waals surface area contributed by atoms with Crippen LogP contribution in [0, 0.1) is 11.8 Å². The van der Waals surface area contributed by atoms with E-state index >= 15 is 0 Å². The molecule has 27 heavy (non-hydrogen) atoms. The van der Waals surface area contributed by atoms with Crippen LogP contribution in [0.3, 0.4) is 0 Å². The van der Waals surface area contributed by atoms with Gasteiger partial charge in [0, 0.05) is 11.1 Å². The summed E-state index contributed by atoms with van der Waals surface area (Å²) in [6.45, 7) is 2.29. The van der Waals surface area contributed by atoms with E-state index in [1.807, 2.05) is 6.92 Å². The van der Waals surface area contributed by atoms with Crippen LogP contribution in [0.15, 0.2) is 42.5 Å². The standard InChI is InChI=1S/C20H18F3NO3/c1-3-27-17-10-9-15(13-18(17)26-2)19(25)24-11-5-7-14-6-4-8-16(12-14)20(21,22)23/h4,6,8-10,12-13H,3,11H2,1-2H3,(H,24,25). The SMILES string of the molecule is CCOc1ccc(C(=O)NCC#Cc2cccc(C(F)(F)F)c2)cc1OC. The second-order valence-electron chi connectivity index (χ2n) is 5.36. The Hall–Kier alpha value is -3.14. The number of hydrogen-bond donors (Lipinski definition) is 1. The van der Waals surface area contributed by atoms with Crippen molar-refractivity contribution in [3.8, 4) is 23.3 Å². The lowest BCUT2D eigenvalue weighted by atomic mass is 10.1. The first-order valence-corrected chi connectivity index (χ1v) is 8.10. The lowest BCUT2D eigenvalue weighted by Crippen LogP contribution is -2.23. The van der Waals surface area contributed by atoms with Gasteiger partial charge >= 0.3 is 6.18 Å². The first kappa shape index (κ1) is 20.2. The highest BCUT2D eigenvalue weighted by atomic mass is 19.4. The van der Waals surface area contributed by atoms with Gasteiger partial charge in [-0.15, -0.1) is 0 Å². The minimum Gasteiger partial charge on any atom is -0.493 e. The summed E-state index contributed by atoms with van der Waals surface area (Å²) in [6, 6.07) is 9.46. The smallest absolute Gasteiger partial charge is 0.416 e. The van der Waals surface area contributed by atoms with Crippen LogP contribution in [-0.4, -0.2) is 26.2 Å². The van der Waals surface area contributed by atoms with Gasteiger partial charge in [0.2, 0.25) is 0 Å². The third-order valence-electron chi connectivity index (χ3n) is 3.49. The molecule has 1 N–H and O–H groups in total. The molecule has 2 aromatic carbocycles. The number of carbonyl (C=O) groups is 1.